The molecule has 2 aliphatic heterocycles. The lowest BCUT2D eigenvalue weighted by molar-refractivity contribution is -0.132. The predicted molar refractivity (Wildman–Crippen MR) is 115 cm³/mol. The second-order valence-electron chi connectivity index (χ2n) is 8.13. The van der Waals surface area contributed by atoms with Crippen LogP contribution in [0.25, 0.3) is 10.9 Å². The van der Waals surface area contributed by atoms with E-state index in [0.29, 0.717) is 17.7 Å². The first-order chi connectivity index (χ1) is 14.9. The highest BCUT2D eigenvalue weighted by Crippen LogP contribution is 2.30. The molecule has 0 spiro atoms. The fourth-order valence-corrected chi connectivity index (χ4v) is 4.37. The first-order valence-corrected chi connectivity index (χ1v) is 10.4. The van der Waals surface area contributed by atoms with E-state index in [9.17, 15) is 14.0 Å². The van der Waals surface area contributed by atoms with Crippen molar-refractivity contribution in [1.82, 2.24) is 14.8 Å². The van der Waals surface area contributed by atoms with Crippen LogP contribution < -0.4 is 10.6 Å². The molecule has 9 heteroatoms. The van der Waals surface area contributed by atoms with Gasteiger partial charge < -0.3 is 15.5 Å². The van der Waals surface area contributed by atoms with E-state index < -0.39 is 12.2 Å². The minimum atomic E-state index is -1.12. The van der Waals surface area contributed by atoms with E-state index >= 15 is 0 Å². The van der Waals surface area contributed by atoms with Gasteiger partial charge in [-0.05, 0) is 30.7 Å². The highest BCUT2D eigenvalue weighted by molar-refractivity contribution is 6.04. The lowest BCUT2D eigenvalue weighted by atomic mass is 10.1. The van der Waals surface area contributed by atoms with Gasteiger partial charge in [0, 0.05) is 49.7 Å². The molecule has 0 unspecified atom stereocenters. The molecule has 2 aromatic rings. The zero-order chi connectivity index (χ0) is 22.0. The number of halogens is 1. The van der Waals surface area contributed by atoms with Crippen LogP contribution in [0.1, 0.15) is 19.8 Å². The van der Waals surface area contributed by atoms with Crippen LogP contribution in [-0.2, 0) is 9.59 Å². The molecule has 3 heterocycles. The van der Waals surface area contributed by atoms with Crippen LogP contribution in [-0.4, -0.2) is 71.0 Å². The quantitative estimate of drug-likeness (QED) is 0.763. The van der Waals surface area contributed by atoms with Gasteiger partial charge in [-0.25, -0.2) is 4.39 Å². The predicted octanol–water partition coefficient (Wildman–Crippen LogP) is 2.14. The van der Waals surface area contributed by atoms with Gasteiger partial charge in [-0.3, -0.25) is 19.5 Å². The van der Waals surface area contributed by atoms with Gasteiger partial charge in [-0.1, -0.05) is 0 Å². The summed E-state index contributed by atoms with van der Waals surface area (Å²) in [6.07, 6.45) is 1.52. The Bertz CT molecular complexity index is 1040. The topological polar surface area (TPSA) is 101 Å². The summed E-state index contributed by atoms with van der Waals surface area (Å²) in [6.45, 7) is 3.07. The van der Waals surface area contributed by atoms with Gasteiger partial charge in [-0.2, -0.15) is 5.26 Å². The SMILES string of the molecule is CC(=O)Nc1ccc(N[C@H]2CCN(CC(=O)N3C[C@@H](F)C[C@H]3C#N)C2)c2cccnc12. The molecule has 1 aromatic heterocycles. The number of rotatable bonds is 5. The number of hydrogen-bond acceptors (Lipinski definition) is 6. The van der Waals surface area contributed by atoms with Crippen molar-refractivity contribution in [3.05, 3.63) is 30.5 Å². The molecule has 0 bridgehead atoms. The summed E-state index contributed by atoms with van der Waals surface area (Å²) < 4.78 is 13.6. The van der Waals surface area contributed by atoms with E-state index in [-0.39, 0.29) is 37.4 Å². The van der Waals surface area contributed by atoms with E-state index in [4.69, 9.17) is 5.26 Å². The smallest absolute Gasteiger partial charge is 0.237 e. The molecule has 4 rings (SSSR count). The van der Waals surface area contributed by atoms with E-state index in [2.05, 4.69) is 15.6 Å². The van der Waals surface area contributed by atoms with Crippen molar-refractivity contribution in [2.75, 3.05) is 36.8 Å². The molecule has 2 N–H and O–H groups in total. The summed E-state index contributed by atoms with van der Waals surface area (Å²) in [7, 11) is 0. The number of hydrogen-bond donors (Lipinski definition) is 2. The number of nitrogens with zero attached hydrogens (tertiary/aromatic N) is 4. The minimum absolute atomic E-state index is 0.00617. The number of likely N-dealkylation sites (tertiary alicyclic amines) is 2. The maximum absolute atomic E-state index is 13.6. The summed E-state index contributed by atoms with van der Waals surface area (Å²) in [6, 6.07) is 9.06. The van der Waals surface area contributed by atoms with Crippen molar-refractivity contribution < 1.29 is 14.0 Å². The van der Waals surface area contributed by atoms with Crippen molar-refractivity contribution in [3.8, 4) is 6.07 Å². The Morgan fingerprint density at radius 2 is 2.10 bits per heavy atom. The molecule has 0 saturated carbocycles. The summed E-state index contributed by atoms with van der Waals surface area (Å²) in [5.41, 5.74) is 2.29. The largest absolute Gasteiger partial charge is 0.380 e. The molecular weight excluding hydrogens is 399 g/mol. The van der Waals surface area contributed by atoms with Crippen LogP contribution in [0, 0.1) is 11.3 Å². The van der Waals surface area contributed by atoms with E-state index in [1.54, 1.807) is 6.20 Å². The number of aromatic nitrogens is 1. The number of anilines is 2. The molecule has 8 nitrogen and oxygen atoms in total. The first kappa shape index (κ1) is 21.0. The zero-order valence-electron chi connectivity index (χ0n) is 17.3. The number of amides is 2. The Labute approximate surface area is 180 Å². The third kappa shape index (κ3) is 4.59. The molecule has 162 valence electrons. The number of carbonyl (C=O) groups excluding carboxylic acids is 2. The Morgan fingerprint density at radius 1 is 1.29 bits per heavy atom. The molecular formula is C22H25FN6O2. The van der Waals surface area contributed by atoms with Gasteiger partial charge in [0.05, 0.1) is 30.4 Å². The first-order valence-electron chi connectivity index (χ1n) is 10.4. The summed E-state index contributed by atoms with van der Waals surface area (Å²) >= 11 is 0. The summed E-state index contributed by atoms with van der Waals surface area (Å²) in [4.78, 5) is 31.9. The molecule has 0 aliphatic carbocycles. The number of fused-ring (bicyclic) bond motifs is 1. The second-order valence-corrected chi connectivity index (χ2v) is 8.13. The van der Waals surface area contributed by atoms with Crippen LogP contribution in [0.2, 0.25) is 0 Å². The average Bonchev–Trinajstić information content (AvgIpc) is 3.35. The molecule has 3 atom stereocenters. The number of benzene rings is 1. The van der Waals surface area contributed by atoms with Crippen LogP contribution in [0.15, 0.2) is 30.5 Å². The van der Waals surface area contributed by atoms with Gasteiger partial charge in [0.2, 0.25) is 11.8 Å². The maximum Gasteiger partial charge on any atom is 0.237 e. The molecule has 0 radical (unpaired) electrons. The Hall–Kier alpha value is -3.25. The Balaban J connectivity index is 1.41. The average molecular weight is 424 g/mol. The van der Waals surface area contributed by atoms with Crippen LogP contribution in [0.5, 0.6) is 0 Å². The number of alkyl halides is 1. The summed E-state index contributed by atoms with van der Waals surface area (Å²) in [5.74, 6) is -0.346. The molecule has 31 heavy (non-hydrogen) atoms. The van der Waals surface area contributed by atoms with Gasteiger partial charge in [0.15, 0.2) is 0 Å². The van der Waals surface area contributed by atoms with Gasteiger partial charge in [-0.15, -0.1) is 0 Å². The number of pyridine rings is 1. The van der Waals surface area contributed by atoms with Crippen molar-refractivity contribution in [3.63, 3.8) is 0 Å². The lowest BCUT2D eigenvalue weighted by Crippen LogP contribution is -2.42. The third-order valence-corrected chi connectivity index (χ3v) is 5.79. The zero-order valence-corrected chi connectivity index (χ0v) is 17.3. The highest BCUT2D eigenvalue weighted by Gasteiger charge is 2.36. The van der Waals surface area contributed by atoms with E-state index in [1.807, 2.05) is 35.2 Å². The highest BCUT2D eigenvalue weighted by atomic mass is 19.1. The number of nitriles is 1. The third-order valence-electron chi connectivity index (χ3n) is 5.79. The molecule has 2 fully saturated rings. The molecule has 1 aromatic carbocycles. The standard InChI is InChI=1S/C22H25FN6O2/c1-14(30)26-20-5-4-19(18-3-2-7-25-22(18)20)27-16-6-8-28(12-16)13-21(31)29-11-15(23)9-17(29)10-24/h2-5,7,15-17,27H,6,8-9,11-13H2,1H3,(H,26,30)/t15-,16-,17-/m0/s1. The number of carbonyl (C=O) groups is 2. The fourth-order valence-electron chi connectivity index (χ4n) is 4.37. The molecule has 2 aliphatic rings. The van der Waals surface area contributed by atoms with Crippen molar-refractivity contribution in [2.45, 2.75) is 38.0 Å². The van der Waals surface area contributed by atoms with Crippen molar-refractivity contribution in [1.29, 1.82) is 5.26 Å². The Kier molecular flexibility index (Phi) is 6.00. The van der Waals surface area contributed by atoms with Crippen molar-refractivity contribution >= 4 is 34.1 Å². The minimum Gasteiger partial charge on any atom is -0.380 e. The lowest BCUT2D eigenvalue weighted by Gasteiger charge is -2.23. The van der Waals surface area contributed by atoms with Gasteiger partial charge in [0.25, 0.3) is 0 Å². The van der Waals surface area contributed by atoms with E-state index in [1.165, 1.54) is 11.8 Å². The maximum atomic E-state index is 13.6. The van der Waals surface area contributed by atoms with Crippen LogP contribution in [0.4, 0.5) is 15.8 Å². The van der Waals surface area contributed by atoms with Gasteiger partial charge in [0.1, 0.15) is 12.2 Å². The molecule has 2 amide bonds. The van der Waals surface area contributed by atoms with Crippen molar-refractivity contribution in [2.24, 2.45) is 0 Å². The Morgan fingerprint density at radius 3 is 2.87 bits per heavy atom. The summed E-state index contributed by atoms with van der Waals surface area (Å²) in [5, 5.41) is 16.4. The number of nitrogens with one attached hydrogen (secondary N) is 2. The molecule has 2 saturated heterocycles. The second kappa shape index (κ2) is 8.86. The van der Waals surface area contributed by atoms with E-state index in [0.717, 1.165) is 24.0 Å². The van der Waals surface area contributed by atoms with Crippen LogP contribution in [0.3, 0.4) is 0 Å². The fraction of sp³-hybridized carbons (Fsp3) is 0.455. The van der Waals surface area contributed by atoms with Crippen LogP contribution >= 0.6 is 0 Å². The monoisotopic (exact) mass is 424 g/mol. The van der Waals surface area contributed by atoms with Gasteiger partial charge >= 0.3 is 0 Å². The normalized spacial score (nSPS) is 23.6.